The van der Waals surface area contributed by atoms with E-state index in [1.54, 1.807) is 4.57 Å². The maximum absolute atomic E-state index is 12.9. The second-order valence-electron chi connectivity index (χ2n) is 6.78. The minimum Gasteiger partial charge on any atom is -0.316 e. The molecular weight excluding hydrogens is 372 g/mol. The summed E-state index contributed by atoms with van der Waals surface area (Å²) < 4.78 is 2.52. The van der Waals surface area contributed by atoms with Crippen LogP contribution in [0.4, 0.5) is 0 Å². The van der Waals surface area contributed by atoms with Crippen LogP contribution in [0, 0.1) is 11.3 Å². The van der Waals surface area contributed by atoms with Crippen LogP contribution in [0.3, 0.4) is 0 Å². The first-order valence-electron chi connectivity index (χ1n) is 8.26. The number of hydrogen-bond donors (Lipinski definition) is 2. The number of halogens is 1. The van der Waals surface area contributed by atoms with E-state index in [1.165, 1.54) is 0 Å². The van der Waals surface area contributed by atoms with Crippen LogP contribution in [0.25, 0.3) is 5.69 Å². The molecule has 0 bridgehead atoms. The maximum Gasteiger partial charge on any atom is 0.347 e. The van der Waals surface area contributed by atoms with Gasteiger partial charge in [-0.3, -0.25) is 4.79 Å². The van der Waals surface area contributed by atoms with Crippen molar-refractivity contribution in [1.82, 2.24) is 20.1 Å². The average molecular weight is 391 g/mol. The Labute approximate surface area is 147 Å². The second kappa shape index (κ2) is 5.97. The summed E-state index contributed by atoms with van der Waals surface area (Å²) in [5.74, 6) is 1.17. The molecule has 2 aliphatic rings. The molecule has 4 rings (SSSR count). The number of carbonyl (C=O) groups excluding carboxylic acids is 1. The third-order valence-corrected chi connectivity index (χ3v) is 5.57. The van der Waals surface area contributed by atoms with Gasteiger partial charge in [-0.2, -0.15) is 5.10 Å². The lowest BCUT2D eigenvalue weighted by Crippen LogP contribution is -2.38. The fourth-order valence-corrected chi connectivity index (χ4v) is 3.84. The van der Waals surface area contributed by atoms with Crippen LogP contribution < -0.4 is 11.0 Å². The highest BCUT2D eigenvalue weighted by Crippen LogP contribution is 2.41. The van der Waals surface area contributed by atoms with Gasteiger partial charge in [-0.25, -0.2) is 14.5 Å². The summed E-state index contributed by atoms with van der Waals surface area (Å²) in [4.78, 5) is 25.1. The van der Waals surface area contributed by atoms with Gasteiger partial charge in [0, 0.05) is 28.8 Å². The van der Waals surface area contributed by atoms with Gasteiger partial charge >= 0.3 is 5.69 Å². The van der Waals surface area contributed by atoms with E-state index in [0.717, 1.165) is 36.0 Å². The predicted octanol–water partition coefficient (Wildman–Crippen LogP) is 1.82. The van der Waals surface area contributed by atoms with Crippen molar-refractivity contribution in [1.29, 1.82) is 0 Å². The Balaban J connectivity index is 1.70. The summed E-state index contributed by atoms with van der Waals surface area (Å²) in [6, 6.07) is 7.52. The molecule has 0 spiro atoms. The Bertz CT molecular complexity index is 814. The highest BCUT2D eigenvalue weighted by Gasteiger charge is 2.48. The Kier molecular flexibility index (Phi) is 3.92. The van der Waals surface area contributed by atoms with E-state index in [4.69, 9.17) is 0 Å². The first kappa shape index (κ1) is 15.8. The number of nitrogens with one attached hydrogen (secondary N) is 2. The summed E-state index contributed by atoms with van der Waals surface area (Å²) in [5, 5.41) is 10.1. The maximum atomic E-state index is 12.9. The van der Waals surface area contributed by atoms with Gasteiger partial charge in [-0.05, 0) is 50.1 Å². The Morgan fingerprint density at radius 2 is 2.08 bits per heavy atom. The van der Waals surface area contributed by atoms with E-state index in [9.17, 15) is 9.59 Å². The molecule has 7 heteroatoms. The van der Waals surface area contributed by atoms with Crippen molar-refractivity contribution in [2.75, 3.05) is 13.1 Å². The Hall–Kier alpha value is -1.73. The van der Waals surface area contributed by atoms with Crippen molar-refractivity contribution in [3.05, 3.63) is 45.0 Å². The molecule has 6 nitrogen and oxygen atoms in total. The minimum absolute atomic E-state index is 0.205. The molecule has 24 heavy (non-hydrogen) atoms. The lowest BCUT2D eigenvalue weighted by molar-refractivity contribution is -0.129. The zero-order valence-corrected chi connectivity index (χ0v) is 14.8. The molecule has 2 N–H and O–H groups in total. The summed E-state index contributed by atoms with van der Waals surface area (Å²) in [5.41, 5.74) is 0.0548. The number of ketones is 1. The topological polar surface area (TPSA) is 79.8 Å². The van der Waals surface area contributed by atoms with Gasteiger partial charge in [0.1, 0.15) is 11.6 Å². The second-order valence-corrected chi connectivity index (χ2v) is 7.69. The SMILES string of the molecule is O=C(C1CC1)[C@]1(Cc2n[nH]c(=O)n2-c2ccc(Br)cc2)CCNC1. The molecule has 1 saturated heterocycles. The van der Waals surface area contributed by atoms with E-state index in [1.807, 2.05) is 24.3 Å². The van der Waals surface area contributed by atoms with E-state index in [2.05, 4.69) is 31.4 Å². The van der Waals surface area contributed by atoms with Crippen molar-refractivity contribution in [2.24, 2.45) is 11.3 Å². The van der Waals surface area contributed by atoms with Crippen LogP contribution in [0.15, 0.2) is 33.5 Å². The highest BCUT2D eigenvalue weighted by molar-refractivity contribution is 9.10. The predicted molar refractivity (Wildman–Crippen MR) is 93.2 cm³/mol. The molecule has 2 fully saturated rings. The lowest BCUT2D eigenvalue weighted by atomic mass is 9.77. The minimum atomic E-state index is -0.431. The zero-order chi connectivity index (χ0) is 16.7. The van der Waals surface area contributed by atoms with Crippen LogP contribution in [0.5, 0.6) is 0 Å². The highest BCUT2D eigenvalue weighted by atomic mass is 79.9. The Morgan fingerprint density at radius 3 is 2.71 bits per heavy atom. The van der Waals surface area contributed by atoms with Crippen molar-refractivity contribution < 1.29 is 4.79 Å². The average Bonchev–Trinajstić information content (AvgIpc) is 3.22. The first-order valence-corrected chi connectivity index (χ1v) is 9.06. The van der Waals surface area contributed by atoms with Crippen LogP contribution in [-0.2, 0) is 11.2 Å². The number of aromatic nitrogens is 3. The molecule has 1 aliphatic heterocycles. The van der Waals surface area contributed by atoms with Gasteiger partial charge in [-0.1, -0.05) is 15.9 Å². The molecular formula is C17H19BrN4O2. The quantitative estimate of drug-likeness (QED) is 0.815. The summed E-state index contributed by atoms with van der Waals surface area (Å²) in [6.45, 7) is 1.51. The molecule has 126 valence electrons. The van der Waals surface area contributed by atoms with Crippen molar-refractivity contribution in [2.45, 2.75) is 25.7 Å². The van der Waals surface area contributed by atoms with Gasteiger partial charge in [0.25, 0.3) is 0 Å². The first-order chi connectivity index (χ1) is 11.6. The number of carbonyl (C=O) groups is 1. The summed E-state index contributed by atoms with van der Waals surface area (Å²) in [6.07, 6.45) is 3.30. The summed E-state index contributed by atoms with van der Waals surface area (Å²) in [7, 11) is 0. The molecule has 2 heterocycles. The number of H-pyrrole nitrogens is 1. The molecule has 1 atom stereocenters. The molecule has 1 aromatic heterocycles. The lowest BCUT2D eigenvalue weighted by Gasteiger charge is -2.26. The van der Waals surface area contributed by atoms with Gasteiger partial charge in [0.2, 0.25) is 0 Å². The van der Waals surface area contributed by atoms with E-state index in [-0.39, 0.29) is 11.6 Å². The third kappa shape index (κ3) is 2.75. The number of nitrogens with zero attached hydrogens (tertiary/aromatic N) is 2. The number of rotatable bonds is 5. The number of benzene rings is 1. The van der Waals surface area contributed by atoms with Crippen molar-refractivity contribution in [3.8, 4) is 5.69 Å². The number of Topliss-reactive ketones (excluding diaryl/α,β-unsaturated/α-hetero) is 1. The normalized spacial score (nSPS) is 23.5. The van der Waals surface area contributed by atoms with Crippen molar-refractivity contribution >= 4 is 21.7 Å². The van der Waals surface area contributed by atoms with Crippen LogP contribution in [0.2, 0.25) is 0 Å². The van der Waals surface area contributed by atoms with E-state index < -0.39 is 5.41 Å². The van der Waals surface area contributed by atoms with Gasteiger partial charge in [0.05, 0.1) is 5.69 Å². The van der Waals surface area contributed by atoms with Gasteiger partial charge < -0.3 is 5.32 Å². The number of hydrogen-bond acceptors (Lipinski definition) is 4. The van der Waals surface area contributed by atoms with Gasteiger partial charge in [0.15, 0.2) is 0 Å². The number of aromatic amines is 1. The third-order valence-electron chi connectivity index (χ3n) is 5.04. The molecule has 0 radical (unpaired) electrons. The fourth-order valence-electron chi connectivity index (χ4n) is 3.58. The smallest absolute Gasteiger partial charge is 0.316 e. The molecule has 1 saturated carbocycles. The largest absolute Gasteiger partial charge is 0.347 e. The molecule has 1 aromatic carbocycles. The van der Waals surface area contributed by atoms with E-state index in [0.29, 0.717) is 24.6 Å². The molecule has 0 unspecified atom stereocenters. The summed E-state index contributed by atoms with van der Waals surface area (Å²) >= 11 is 3.40. The molecule has 1 aliphatic carbocycles. The van der Waals surface area contributed by atoms with E-state index >= 15 is 0 Å². The standard InChI is InChI=1S/C17H19BrN4O2/c18-12-3-5-13(6-4-12)22-14(20-21-16(22)24)9-17(7-8-19-10-17)15(23)11-1-2-11/h3-6,11,19H,1-2,7-10H2,(H,21,24)/t17-/m0/s1. The molecule has 2 aromatic rings. The molecule has 0 amide bonds. The van der Waals surface area contributed by atoms with Crippen LogP contribution >= 0.6 is 15.9 Å². The van der Waals surface area contributed by atoms with Crippen molar-refractivity contribution in [3.63, 3.8) is 0 Å². The Morgan fingerprint density at radius 1 is 1.33 bits per heavy atom. The van der Waals surface area contributed by atoms with Crippen LogP contribution in [0.1, 0.15) is 25.1 Å². The van der Waals surface area contributed by atoms with Crippen LogP contribution in [-0.4, -0.2) is 33.6 Å². The monoisotopic (exact) mass is 390 g/mol. The zero-order valence-electron chi connectivity index (χ0n) is 13.2. The fraction of sp³-hybridized carbons (Fsp3) is 0.471. The van der Waals surface area contributed by atoms with Gasteiger partial charge in [-0.15, -0.1) is 0 Å².